The van der Waals surface area contributed by atoms with Crippen LogP contribution in [0.2, 0.25) is 0 Å². The Morgan fingerprint density at radius 2 is 2.15 bits per heavy atom. The van der Waals surface area contributed by atoms with Crippen molar-refractivity contribution in [3.63, 3.8) is 0 Å². The number of rotatable bonds is 0. The third-order valence-corrected chi connectivity index (χ3v) is 4.99. The zero-order valence-corrected chi connectivity index (χ0v) is 11.3. The normalized spacial score (nSPS) is 38.6. The van der Waals surface area contributed by atoms with E-state index >= 15 is 0 Å². The van der Waals surface area contributed by atoms with Gasteiger partial charge in [-0.15, -0.1) is 0 Å². The third-order valence-electron chi connectivity index (χ3n) is 4.99. The van der Waals surface area contributed by atoms with Crippen LogP contribution in [0.15, 0.2) is 18.3 Å². The Kier molecular flexibility index (Phi) is 1.97. The second-order valence-electron chi connectivity index (χ2n) is 5.85. The first-order chi connectivity index (χ1) is 9.45. The van der Waals surface area contributed by atoms with E-state index < -0.39 is 11.8 Å². The van der Waals surface area contributed by atoms with Gasteiger partial charge in [0.15, 0.2) is 5.72 Å². The SMILES string of the molecule is CN1C(=O)N(C)[C@]2(O)C[C@@H]3[C@@H](NC(=O)c4cccn43)[C@H]12. The van der Waals surface area contributed by atoms with Crippen LogP contribution in [0.3, 0.4) is 0 Å². The summed E-state index contributed by atoms with van der Waals surface area (Å²) in [6.45, 7) is 0. The topological polar surface area (TPSA) is 77.8 Å². The number of hydrogen-bond acceptors (Lipinski definition) is 3. The fraction of sp³-hybridized carbons (Fsp3) is 0.538. The average Bonchev–Trinajstić information content (AvgIpc) is 3.03. The lowest BCUT2D eigenvalue weighted by molar-refractivity contribution is -0.0627. The molecule has 0 radical (unpaired) electrons. The second kappa shape index (κ2) is 3.35. The molecule has 106 valence electrons. The number of hydrogen-bond donors (Lipinski definition) is 2. The summed E-state index contributed by atoms with van der Waals surface area (Å²) in [6, 6.07) is 2.64. The van der Waals surface area contributed by atoms with Gasteiger partial charge in [-0.25, -0.2) is 4.79 Å². The lowest BCUT2D eigenvalue weighted by atomic mass is 10.0. The first-order valence-corrected chi connectivity index (χ1v) is 6.66. The molecule has 1 aliphatic carbocycles. The Morgan fingerprint density at radius 1 is 1.40 bits per heavy atom. The predicted octanol–water partition coefficient (Wildman–Crippen LogP) is -0.401. The smallest absolute Gasteiger partial charge is 0.322 e. The molecule has 4 atom stereocenters. The van der Waals surface area contributed by atoms with E-state index in [4.69, 9.17) is 0 Å². The van der Waals surface area contributed by atoms with E-state index in [0.717, 1.165) is 0 Å². The summed E-state index contributed by atoms with van der Waals surface area (Å²) in [5.74, 6) is -0.157. The van der Waals surface area contributed by atoms with Crippen LogP contribution in [0.25, 0.3) is 0 Å². The first kappa shape index (κ1) is 11.8. The molecule has 2 aliphatic heterocycles. The van der Waals surface area contributed by atoms with Crippen molar-refractivity contribution in [1.82, 2.24) is 19.7 Å². The van der Waals surface area contributed by atoms with Gasteiger partial charge in [0.1, 0.15) is 11.7 Å². The van der Waals surface area contributed by atoms with Crippen LogP contribution >= 0.6 is 0 Å². The van der Waals surface area contributed by atoms with Gasteiger partial charge in [0.05, 0.1) is 12.1 Å². The Morgan fingerprint density at radius 3 is 2.90 bits per heavy atom. The van der Waals surface area contributed by atoms with Crippen molar-refractivity contribution in [3.05, 3.63) is 24.0 Å². The van der Waals surface area contributed by atoms with Crippen molar-refractivity contribution in [2.45, 2.75) is 30.3 Å². The lowest BCUT2D eigenvalue weighted by Crippen LogP contribution is -2.56. The van der Waals surface area contributed by atoms with Gasteiger partial charge in [-0.2, -0.15) is 0 Å². The van der Waals surface area contributed by atoms with Gasteiger partial charge in [0.25, 0.3) is 5.91 Å². The maximum Gasteiger partial charge on any atom is 0.322 e. The van der Waals surface area contributed by atoms with Crippen LogP contribution in [0.4, 0.5) is 4.79 Å². The van der Waals surface area contributed by atoms with Crippen LogP contribution in [0.1, 0.15) is 23.0 Å². The van der Waals surface area contributed by atoms with Gasteiger partial charge in [-0.1, -0.05) is 0 Å². The third kappa shape index (κ3) is 1.10. The number of carbonyl (C=O) groups is 2. The van der Waals surface area contributed by atoms with Gasteiger partial charge in [-0.3, -0.25) is 9.69 Å². The summed E-state index contributed by atoms with van der Waals surface area (Å²) < 4.78 is 1.91. The van der Waals surface area contributed by atoms with Crippen LogP contribution in [-0.2, 0) is 0 Å². The summed E-state index contributed by atoms with van der Waals surface area (Å²) in [5.41, 5.74) is -0.633. The van der Waals surface area contributed by atoms with Crippen molar-refractivity contribution in [1.29, 1.82) is 0 Å². The van der Waals surface area contributed by atoms with Crippen LogP contribution in [0.5, 0.6) is 0 Å². The highest BCUT2D eigenvalue weighted by molar-refractivity contribution is 5.94. The van der Waals surface area contributed by atoms with Crippen molar-refractivity contribution >= 4 is 11.9 Å². The maximum absolute atomic E-state index is 12.1. The largest absolute Gasteiger partial charge is 0.368 e. The zero-order valence-electron chi connectivity index (χ0n) is 11.3. The summed E-state index contributed by atoms with van der Waals surface area (Å²) >= 11 is 0. The number of aliphatic hydroxyl groups is 1. The first-order valence-electron chi connectivity index (χ1n) is 6.66. The molecule has 7 heteroatoms. The van der Waals surface area contributed by atoms with Gasteiger partial charge < -0.3 is 19.9 Å². The highest BCUT2D eigenvalue weighted by Gasteiger charge is 2.65. The molecule has 0 spiro atoms. The van der Waals surface area contributed by atoms with Crippen molar-refractivity contribution < 1.29 is 14.7 Å². The molecule has 0 aromatic carbocycles. The molecule has 1 saturated heterocycles. The van der Waals surface area contributed by atoms with Crippen molar-refractivity contribution in [2.75, 3.05) is 14.1 Å². The maximum atomic E-state index is 12.1. The second-order valence-corrected chi connectivity index (χ2v) is 5.85. The molecular formula is C13H16N4O3. The number of carbonyl (C=O) groups excluding carboxylic acids is 2. The highest BCUT2D eigenvalue weighted by atomic mass is 16.3. The molecule has 3 amide bonds. The quantitative estimate of drug-likeness (QED) is 0.677. The summed E-state index contributed by atoms with van der Waals surface area (Å²) in [7, 11) is 3.27. The molecular weight excluding hydrogens is 260 g/mol. The van der Waals surface area contributed by atoms with E-state index in [9.17, 15) is 14.7 Å². The average molecular weight is 276 g/mol. The summed E-state index contributed by atoms with van der Waals surface area (Å²) in [6.07, 6.45) is 2.27. The van der Waals surface area contributed by atoms with E-state index in [1.54, 1.807) is 20.2 Å². The van der Waals surface area contributed by atoms with Gasteiger partial charge in [0.2, 0.25) is 0 Å². The molecule has 3 heterocycles. The molecule has 4 rings (SSSR count). The highest BCUT2D eigenvalue weighted by Crippen LogP contribution is 2.47. The van der Waals surface area contributed by atoms with E-state index in [1.807, 2.05) is 16.8 Å². The predicted molar refractivity (Wildman–Crippen MR) is 69.0 cm³/mol. The minimum absolute atomic E-state index is 0.0364. The Hall–Kier alpha value is -2.02. The molecule has 0 bridgehead atoms. The number of nitrogens with zero attached hydrogens (tertiary/aromatic N) is 3. The standard InChI is InChI=1S/C13H16N4O3/c1-15-10-9-8(6-13(10,20)16(2)12(15)19)17-5-3-4-7(17)11(18)14-9/h3-5,8-10,20H,6H2,1-2H3,(H,14,18)/t8-,9-,10+,13+/m1/s1. The molecule has 2 fully saturated rings. The van der Waals surface area contributed by atoms with Gasteiger partial charge in [0, 0.05) is 26.7 Å². The van der Waals surface area contributed by atoms with Crippen LogP contribution in [-0.4, -0.2) is 63.3 Å². The Balaban J connectivity index is 1.83. The Labute approximate surface area is 115 Å². The monoisotopic (exact) mass is 276 g/mol. The number of amides is 3. The van der Waals surface area contributed by atoms with Crippen molar-refractivity contribution in [3.8, 4) is 0 Å². The number of urea groups is 1. The molecule has 0 unspecified atom stereocenters. The van der Waals surface area contributed by atoms with E-state index in [2.05, 4.69) is 5.32 Å². The molecule has 1 saturated carbocycles. The van der Waals surface area contributed by atoms with Crippen LogP contribution < -0.4 is 5.32 Å². The lowest BCUT2D eigenvalue weighted by Gasteiger charge is -2.34. The molecule has 1 aromatic heterocycles. The Bertz CT molecular complexity index is 627. The van der Waals surface area contributed by atoms with E-state index in [0.29, 0.717) is 12.1 Å². The number of fused-ring (bicyclic) bond motifs is 5. The number of likely N-dealkylation sites (N-methyl/N-ethyl adjacent to an activating group) is 2. The van der Waals surface area contributed by atoms with E-state index in [-0.39, 0.29) is 24.0 Å². The molecule has 1 aromatic rings. The number of aromatic nitrogens is 1. The van der Waals surface area contributed by atoms with Gasteiger partial charge in [-0.05, 0) is 12.1 Å². The van der Waals surface area contributed by atoms with Crippen molar-refractivity contribution in [2.24, 2.45) is 0 Å². The van der Waals surface area contributed by atoms with E-state index in [1.165, 1.54) is 9.80 Å². The summed E-state index contributed by atoms with van der Waals surface area (Å²) in [5, 5.41) is 13.9. The fourth-order valence-corrected chi connectivity index (χ4v) is 4.01. The minimum atomic E-state index is -1.24. The fourth-order valence-electron chi connectivity index (χ4n) is 4.01. The van der Waals surface area contributed by atoms with Crippen LogP contribution in [0, 0.1) is 0 Å². The molecule has 7 nitrogen and oxygen atoms in total. The molecule has 20 heavy (non-hydrogen) atoms. The molecule has 3 aliphatic rings. The zero-order chi connectivity index (χ0) is 14.2. The van der Waals surface area contributed by atoms with Gasteiger partial charge >= 0.3 is 6.03 Å². The minimum Gasteiger partial charge on any atom is -0.368 e. The summed E-state index contributed by atoms with van der Waals surface area (Å²) in [4.78, 5) is 27.1. The number of nitrogens with one attached hydrogen (secondary N) is 1. The molecule has 2 N–H and O–H groups in total.